The minimum absolute atomic E-state index is 0.395. The lowest BCUT2D eigenvalue weighted by molar-refractivity contribution is -0.137. The average Bonchev–Trinajstić information content (AvgIpc) is 2.68. The van der Waals surface area contributed by atoms with Crippen LogP contribution in [0.4, 0.5) is 13.2 Å². The Morgan fingerprint density at radius 3 is 1.96 bits per heavy atom. The second kappa shape index (κ2) is 7.88. The van der Waals surface area contributed by atoms with Crippen LogP contribution < -0.4 is 0 Å². The van der Waals surface area contributed by atoms with Crippen LogP contribution in [0.2, 0.25) is 0 Å². The summed E-state index contributed by atoms with van der Waals surface area (Å²) < 4.78 is 43.6. The van der Waals surface area contributed by atoms with Gasteiger partial charge in [0.15, 0.2) is 14.7 Å². The van der Waals surface area contributed by atoms with Crippen molar-refractivity contribution in [2.24, 2.45) is 0 Å². The molecule has 0 bridgehead atoms. The van der Waals surface area contributed by atoms with Crippen LogP contribution in [0.15, 0.2) is 93.5 Å². The second-order valence-electron chi connectivity index (χ2n) is 5.63. The van der Waals surface area contributed by atoms with E-state index in [1.807, 2.05) is 30.3 Å². The van der Waals surface area contributed by atoms with Gasteiger partial charge in [-0.25, -0.2) is 4.79 Å². The highest BCUT2D eigenvalue weighted by Crippen LogP contribution is 2.35. The molecule has 3 aromatic carbocycles. The first kappa shape index (κ1) is 19.0. The van der Waals surface area contributed by atoms with Crippen LogP contribution in [-0.2, 0) is 21.8 Å². The highest BCUT2D eigenvalue weighted by Gasteiger charge is 2.35. The number of hydrogen-bond acceptors (Lipinski definition) is 2. The molecular weight excluding hydrogens is 373 g/mol. The standard InChI is InChI=1S/C21H16F3O2S/c1-26-20(25)18-9-5-6-10-19(18)27(16-7-3-2-4-8-16)17-13-11-15(12-14-17)21(22,23)24/h2-14H,1H3/q+1. The monoisotopic (exact) mass is 389 g/mol. The molecule has 0 aliphatic rings. The number of benzene rings is 3. The van der Waals surface area contributed by atoms with Crippen molar-refractivity contribution < 1.29 is 22.7 Å². The third-order valence-corrected chi connectivity index (χ3v) is 6.19. The maximum Gasteiger partial charge on any atom is 0.416 e. The second-order valence-corrected chi connectivity index (χ2v) is 7.62. The lowest BCUT2D eigenvalue weighted by Gasteiger charge is -2.12. The van der Waals surface area contributed by atoms with Crippen molar-refractivity contribution in [3.05, 3.63) is 90.0 Å². The molecule has 3 rings (SSSR count). The largest absolute Gasteiger partial charge is 0.465 e. The van der Waals surface area contributed by atoms with Crippen LogP contribution in [0, 0.1) is 0 Å². The van der Waals surface area contributed by atoms with Gasteiger partial charge in [0.2, 0.25) is 0 Å². The predicted octanol–water partition coefficient (Wildman–Crippen LogP) is 5.59. The van der Waals surface area contributed by atoms with Crippen LogP contribution in [0.3, 0.4) is 0 Å². The van der Waals surface area contributed by atoms with E-state index in [0.29, 0.717) is 15.4 Å². The molecule has 0 saturated carbocycles. The molecule has 0 aromatic heterocycles. The third-order valence-electron chi connectivity index (χ3n) is 3.91. The molecule has 0 saturated heterocycles. The van der Waals surface area contributed by atoms with Crippen molar-refractivity contribution in [1.82, 2.24) is 0 Å². The zero-order valence-corrected chi connectivity index (χ0v) is 15.2. The van der Waals surface area contributed by atoms with E-state index in [1.54, 1.807) is 24.3 Å². The molecule has 2 nitrogen and oxygen atoms in total. The van der Waals surface area contributed by atoms with E-state index < -0.39 is 28.6 Å². The lowest BCUT2D eigenvalue weighted by Crippen LogP contribution is -2.13. The Hall–Kier alpha value is -2.73. The van der Waals surface area contributed by atoms with Crippen LogP contribution >= 0.6 is 0 Å². The fourth-order valence-corrected chi connectivity index (χ4v) is 4.85. The molecule has 0 heterocycles. The van der Waals surface area contributed by atoms with Gasteiger partial charge in [0, 0.05) is 0 Å². The molecule has 0 amide bonds. The van der Waals surface area contributed by atoms with Crippen LogP contribution in [0.25, 0.3) is 0 Å². The van der Waals surface area contributed by atoms with Gasteiger partial charge < -0.3 is 4.74 Å². The Balaban J connectivity index is 2.16. The molecule has 0 aliphatic heterocycles. The van der Waals surface area contributed by atoms with E-state index in [-0.39, 0.29) is 0 Å². The molecule has 138 valence electrons. The lowest BCUT2D eigenvalue weighted by atomic mass is 10.2. The molecule has 3 aromatic rings. The van der Waals surface area contributed by atoms with E-state index in [2.05, 4.69) is 0 Å². The highest BCUT2D eigenvalue weighted by atomic mass is 32.2. The Labute approximate surface area is 158 Å². The number of carbonyl (C=O) groups excluding carboxylic acids is 1. The summed E-state index contributed by atoms with van der Waals surface area (Å²) in [6, 6.07) is 21.4. The summed E-state index contributed by atoms with van der Waals surface area (Å²) in [5, 5.41) is 0. The number of esters is 1. The first-order chi connectivity index (χ1) is 12.9. The summed E-state index contributed by atoms with van der Waals surface area (Å²) in [7, 11) is 0.552. The van der Waals surface area contributed by atoms with Crippen molar-refractivity contribution >= 4 is 16.9 Å². The van der Waals surface area contributed by atoms with E-state index in [1.165, 1.54) is 19.2 Å². The van der Waals surface area contributed by atoms with Gasteiger partial charge >= 0.3 is 12.1 Å². The van der Waals surface area contributed by atoms with Crippen molar-refractivity contribution in [3.63, 3.8) is 0 Å². The van der Waals surface area contributed by atoms with Gasteiger partial charge in [-0.3, -0.25) is 0 Å². The molecule has 0 radical (unpaired) electrons. The van der Waals surface area contributed by atoms with E-state index in [0.717, 1.165) is 17.0 Å². The Bertz CT molecular complexity index is 922. The van der Waals surface area contributed by atoms with Crippen molar-refractivity contribution in [3.8, 4) is 0 Å². The Morgan fingerprint density at radius 1 is 0.815 bits per heavy atom. The number of halogens is 3. The molecular formula is C21H16F3O2S+. The molecule has 0 spiro atoms. The SMILES string of the molecule is COC(=O)c1ccccc1[S+](c1ccccc1)c1ccc(C(F)(F)F)cc1. The zero-order valence-electron chi connectivity index (χ0n) is 14.4. The molecule has 1 unspecified atom stereocenters. The normalized spacial score (nSPS) is 12.4. The van der Waals surface area contributed by atoms with Gasteiger partial charge in [-0.15, -0.1) is 0 Å². The van der Waals surface area contributed by atoms with E-state index >= 15 is 0 Å². The Kier molecular flexibility index (Phi) is 5.56. The van der Waals surface area contributed by atoms with Gasteiger partial charge in [0.1, 0.15) is 16.5 Å². The predicted molar refractivity (Wildman–Crippen MR) is 97.8 cm³/mol. The fourth-order valence-electron chi connectivity index (χ4n) is 2.65. The molecule has 0 aliphatic carbocycles. The van der Waals surface area contributed by atoms with Gasteiger partial charge in [0.25, 0.3) is 0 Å². The summed E-state index contributed by atoms with van der Waals surface area (Å²) in [4.78, 5) is 14.5. The van der Waals surface area contributed by atoms with Crippen LogP contribution in [0.1, 0.15) is 15.9 Å². The third kappa shape index (κ3) is 4.17. The van der Waals surface area contributed by atoms with Gasteiger partial charge in [0.05, 0.1) is 12.7 Å². The highest BCUT2D eigenvalue weighted by molar-refractivity contribution is 7.97. The first-order valence-electron chi connectivity index (χ1n) is 8.06. The number of methoxy groups -OCH3 is 1. The topological polar surface area (TPSA) is 26.3 Å². The zero-order chi connectivity index (χ0) is 19.4. The van der Waals surface area contributed by atoms with Crippen LogP contribution in [-0.4, -0.2) is 13.1 Å². The van der Waals surface area contributed by atoms with E-state index in [9.17, 15) is 18.0 Å². The minimum atomic E-state index is -4.40. The number of hydrogen-bond donors (Lipinski definition) is 0. The van der Waals surface area contributed by atoms with Crippen LogP contribution in [0.5, 0.6) is 0 Å². The van der Waals surface area contributed by atoms with Gasteiger partial charge in [-0.1, -0.05) is 30.3 Å². The minimum Gasteiger partial charge on any atom is -0.465 e. The summed E-state index contributed by atoms with van der Waals surface area (Å²) >= 11 is 0. The number of ether oxygens (including phenoxy) is 1. The average molecular weight is 389 g/mol. The van der Waals surface area contributed by atoms with Gasteiger partial charge in [-0.05, 0) is 48.5 Å². The molecule has 0 N–H and O–H groups in total. The summed E-state index contributed by atoms with van der Waals surface area (Å²) in [5.41, 5.74) is -0.309. The maximum atomic E-state index is 12.9. The van der Waals surface area contributed by atoms with E-state index in [4.69, 9.17) is 4.74 Å². The van der Waals surface area contributed by atoms with Gasteiger partial charge in [-0.2, -0.15) is 13.2 Å². The smallest absolute Gasteiger partial charge is 0.416 e. The summed E-state index contributed by atoms with van der Waals surface area (Å²) in [6.07, 6.45) is -4.40. The fraction of sp³-hybridized carbons (Fsp3) is 0.0952. The van der Waals surface area contributed by atoms with Crippen molar-refractivity contribution in [2.45, 2.75) is 20.9 Å². The number of carbonyl (C=O) groups is 1. The molecule has 0 fully saturated rings. The molecule has 27 heavy (non-hydrogen) atoms. The summed E-state index contributed by atoms with van der Waals surface area (Å²) in [6.45, 7) is 0. The Morgan fingerprint density at radius 2 is 1.37 bits per heavy atom. The first-order valence-corrected chi connectivity index (χ1v) is 9.28. The number of alkyl halides is 3. The quantitative estimate of drug-likeness (QED) is 0.430. The van der Waals surface area contributed by atoms with Crippen molar-refractivity contribution in [2.75, 3.05) is 7.11 Å². The maximum absolute atomic E-state index is 12.9. The molecule has 1 atom stereocenters. The summed E-state index contributed by atoms with van der Waals surface area (Å²) in [5.74, 6) is -0.481. The number of rotatable bonds is 4. The van der Waals surface area contributed by atoms with Crippen molar-refractivity contribution in [1.29, 1.82) is 0 Å². The molecule has 6 heteroatoms.